The van der Waals surface area contributed by atoms with Crippen molar-refractivity contribution >= 4 is 23.4 Å². The molecule has 1 heterocycles. The largest absolute Gasteiger partial charge is 0.122 e. The Labute approximate surface area is 140 Å². The fourth-order valence-corrected chi connectivity index (χ4v) is 4.82. The monoisotopic (exact) mass is 322 g/mol. The second-order valence-electron chi connectivity index (χ2n) is 5.62. The van der Waals surface area contributed by atoms with Gasteiger partial charge in [0.15, 0.2) is 0 Å². The highest BCUT2D eigenvalue weighted by Gasteiger charge is 2.40. The van der Waals surface area contributed by atoms with E-state index >= 15 is 0 Å². The fraction of sp³-hybridized carbons (Fsp3) is 0.100. The van der Waals surface area contributed by atoms with Crippen LogP contribution in [0.1, 0.15) is 22.3 Å². The summed E-state index contributed by atoms with van der Waals surface area (Å²) in [4.78, 5) is 1.85. The minimum absolute atomic E-state index is 0.621. The maximum Gasteiger partial charge on any atom is 0.122 e. The first-order chi connectivity index (χ1) is 10.7. The minimum atomic E-state index is -0.621. The Kier molecular flexibility index (Phi) is 3.28. The van der Waals surface area contributed by atoms with Crippen LogP contribution in [0.25, 0.3) is 0 Å². The second-order valence-corrected chi connectivity index (χ2v) is 7.27. The van der Waals surface area contributed by atoms with Crippen LogP contribution >= 0.6 is 23.4 Å². The van der Waals surface area contributed by atoms with Gasteiger partial charge in [-0.25, -0.2) is 0 Å². The first-order valence-corrected chi connectivity index (χ1v) is 8.52. The van der Waals surface area contributed by atoms with E-state index in [-0.39, 0.29) is 0 Å². The number of halogens is 1. The molecule has 0 amide bonds. The summed E-state index contributed by atoms with van der Waals surface area (Å²) < 4.78 is 0. The molecule has 108 valence electrons. The standard InChI is InChI=1S/C20H15ClS/c1-14-11-12-19-17(13-14)20(21,15-7-3-2-4-8-15)16-9-5-6-10-18(16)22-19/h2-13H,1H3. The summed E-state index contributed by atoms with van der Waals surface area (Å²) in [5, 5.41) is 0. The van der Waals surface area contributed by atoms with Crippen LogP contribution in [0.2, 0.25) is 0 Å². The van der Waals surface area contributed by atoms with Crippen molar-refractivity contribution in [2.45, 2.75) is 21.6 Å². The predicted molar refractivity (Wildman–Crippen MR) is 93.9 cm³/mol. The number of hydrogen-bond acceptors (Lipinski definition) is 1. The molecule has 0 saturated heterocycles. The minimum Gasteiger partial charge on any atom is -0.103 e. The number of fused-ring (bicyclic) bond motifs is 2. The number of aryl methyl sites for hydroxylation is 1. The van der Waals surface area contributed by atoms with E-state index in [0.29, 0.717) is 0 Å². The van der Waals surface area contributed by atoms with E-state index in [1.54, 1.807) is 11.8 Å². The Morgan fingerprint density at radius 3 is 2.27 bits per heavy atom. The van der Waals surface area contributed by atoms with Crippen LogP contribution in [0.15, 0.2) is 82.6 Å². The van der Waals surface area contributed by atoms with Crippen LogP contribution in [0.4, 0.5) is 0 Å². The predicted octanol–water partition coefficient (Wildman–Crippen LogP) is 5.99. The van der Waals surface area contributed by atoms with Gasteiger partial charge in [-0.2, -0.15) is 0 Å². The van der Waals surface area contributed by atoms with Crippen molar-refractivity contribution in [3.05, 3.63) is 95.1 Å². The highest BCUT2D eigenvalue weighted by molar-refractivity contribution is 7.99. The van der Waals surface area contributed by atoms with Crippen LogP contribution in [-0.4, -0.2) is 0 Å². The summed E-state index contributed by atoms with van der Waals surface area (Å²) in [6.07, 6.45) is 0. The van der Waals surface area contributed by atoms with Crippen LogP contribution in [0.5, 0.6) is 0 Å². The van der Waals surface area contributed by atoms with Gasteiger partial charge in [-0.15, -0.1) is 11.6 Å². The lowest BCUT2D eigenvalue weighted by Gasteiger charge is -2.36. The van der Waals surface area contributed by atoms with Crippen molar-refractivity contribution in [1.29, 1.82) is 0 Å². The van der Waals surface area contributed by atoms with Gasteiger partial charge < -0.3 is 0 Å². The first-order valence-electron chi connectivity index (χ1n) is 7.32. The van der Waals surface area contributed by atoms with Crippen molar-refractivity contribution in [2.24, 2.45) is 0 Å². The van der Waals surface area contributed by atoms with E-state index in [0.717, 1.165) is 5.56 Å². The maximum absolute atomic E-state index is 7.32. The average molecular weight is 323 g/mol. The van der Waals surface area contributed by atoms with Crippen LogP contribution in [0, 0.1) is 6.92 Å². The molecule has 0 spiro atoms. The number of rotatable bonds is 1. The summed E-state index contributed by atoms with van der Waals surface area (Å²) >= 11 is 9.12. The molecule has 1 aliphatic heterocycles. The third-order valence-corrected chi connectivity index (χ3v) is 5.93. The third kappa shape index (κ3) is 2.00. The zero-order valence-electron chi connectivity index (χ0n) is 12.2. The van der Waals surface area contributed by atoms with Gasteiger partial charge in [0, 0.05) is 9.79 Å². The molecule has 3 aromatic rings. The Hall–Kier alpha value is -1.70. The molecule has 0 bridgehead atoms. The molecule has 2 heteroatoms. The van der Waals surface area contributed by atoms with Crippen molar-refractivity contribution in [3.8, 4) is 0 Å². The van der Waals surface area contributed by atoms with Crippen LogP contribution < -0.4 is 0 Å². The van der Waals surface area contributed by atoms with Gasteiger partial charge in [0.2, 0.25) is 0 Å². The van der Waals surface area contributed by atoms with Crippen molar-refractivity contribution in [3.63, 3.8) is 0 Å². The molecular formula is C20H15ClS. The van der Waals surface area contributed by atoms with Crippen molar-refractivity contribution in [2.75, 3.05) is 0 Å². The van der Waals surface area contributed by atoms with E-state index in [4.69, 9.17) is 11.6 Å². The molecule has 22 heavy (non-hydrogen) atoms. The fourth-order valence-electron chi connectivity index (χ4n) is 3.08. The number of benzene rings is 3. The normalized spacial score (nSPS) is 19.4. The highest BCUT2D eigenvalue weighted by Crippen LogP contribution is 2.54. The number of hydrogen-bond donors (Lipinski definition) is 0. The molecule has 0 aromatic heterocycles. The summed E-state index contributed by atoms with van der Waals surface area (Å²) in [5.74, 6) is 0. The topological polar surface area (TPSA) is 0 Å². The lowest BCUT2D eigenvalue weighted by atomic mass is 9.83. The summed E-state index contributed by atoms with van der Waals surface area (Å²) in [7, 11) is 0. The Balaban J connectivity index is 2.07. The van der Waals surface area contributed by atoms with Gasteiger partial charge >= 0.3 is 0 Å². The lowest BCUT2D eigenvalue weighted by molar-refractivity contribution is 0.816. The van der Waals surface area contributed by atoms with Crippen LogP contribution in [-0.2, 0) is 4.87 Å². The molecule has 0 nitrogen and oxygen atoms in total. The lowest BCUT2D eigenvalue weighted by Crippen LogP contribution is -2.26. The Morgan fingerprint density at radius 2 is 1.45 bits per heavy atom. The average Bonchev–Trinajstić information content (AvgIpc) is 2.57. The molecule has 0 aliphatic carbocycles. The van der Waals surface area contributed by atoms with Crippen molar-refractivity contribution < 1.29 is 0 Å². The Bertz CT molecular complexity index is 841. The van der Waals surface area contributed by atoms with Gasteiger partial charge in [0.25, 0.3) is 0 Å². The molecular weight excluding hydrogens is 308 g/mol. The highest BCUT2D eigenvalue weighted by atomic mass is 35.5. The zero-order chi connectivity index (χ0) is 15.2. The number of alkyl halides is 1. The molecule has 0 radical (unpaired) electrons. The summed E-state index contributed by atoms with van der Waals surface area (Å²) in [5.41, 5.74) is 4.71. The molecule has 0 N–H and O–H groups in total. The van der Waals surface area contributed by atoms with Crippen LogP contribution in [0.3, 0.4) is 0 Å². The van der Waals surface area contributed by atoms with Gasteiger partial charge in [0.05, 0.1) is 0 Å². The molecule has 3 aromatic carbocycles. The van der Waals surface area contributed by atoms with Crippen molar-refractivity contribution in [1.82, 2.24) is 0 Å². The quantitative estimate of drug-likeness (QED) is 0.496. The SMILES string of the molecule is Cc1ccc2c(c1)C(Cl)(c1ccccc1)c1ccccc1S2. The van der Waals surface area contributed by atoms with E-state index in [1.807, 2.05) is 6.07 Å². The zero-order valence-corrected chi connectivity index (χ0v) is 13.8. The smallest absolute Gasteiger partial charge is 0.103 e. The maximum atomic E-state index is 7.32. The molecule has 0 fully saturated rings. The second kappa shape index (κ2) is 5.19. The summed E-state index contributed by atoms with van der Waals surface area (Å²) in [6, 6.07) is 25.4. The van der Waals surface area contributed by atoms with E-state index in [2.05, 4.69) is 73.7 Å². The summed E-state index contributed by atoms with van der Waals surface area (Å²) in [6.45, 7) is 2.12. The third-order valence-electron chi connectivity index (χ3n) is 4.16. The molecule has 1 atom stereocenters. The van der Waals surface area contributed by atoms with E-state index < -0.39 is 4.87 Å². The van der Waals surface area contributed by atoms with Gasteiger partial charge in [-0.05, 0) is 35.7 Å². The van der Waals surface area contributed by atoms with Gasteiger partial charge in [0.1, 0.15) is 4.87 Å². The first kappa shape index (κ1) is 13.9. The molecule has 1 aliphatic rings. The molecule has 4 rings (SSSR count). The van der Waals surface area contributed by atoms with Gasteiger partial charge in [-0.1, -0.05) is 78.0 Å². The Morgan fingerprint density at radius 1 is 0.773 bits per heavy atom. The molecule has 1 unspecified atom stereocenters. The van der Waals surface area contributed by atoms with E-state index in [9.17, 15) is 0 Å². The molecule has 0 saturated carbocycles. The van der Waals surface area contributed by atoms with E-state index in [1.165, 1.54) is 26.5 Å². The van der Waals surface area contributed by atoms with Gasteiger partial charge in [-0.3, -0.25) is 0 Å².